The molecule has 1 saturated heterocycles. The van der Waals surface area contributed by atoms with Gasteiger partial charge >= 0.3 is 5.97 Å². The summed E-state index contributed by atoms with van der Waals surface area (Å²) in [7, 11) is 1.33. The molecule has 0 bridgehead atoms. The van der Waals surface area contributed by atoms with E-state index in [-0.39, 0.29) is 12.5 Å². The summed E-state index contributed by atoms with van der Waals surface area (Å²) >= 11 is 0. The molecule has 0 aromatic carbocycles. The Morgan fingerprint density at radius 3 is 2.62 bits per heavy atom. The molecule has 0 spiro atoms. The lowest BCUT2D eigenvalue weighted by Crippen LogP contribution is -2.40. The van der Waals surface area contributed by atoms with Crippen molar-refractivity contribution in [2.24, 2.45) is 11.8 Å². The zero-order valence-corrected chi connectivity index (χ0v) is 17.5. The number of methoxy groups -OCH3 is 1. The van der Waals surface area contributed by atoms with E-state index < -0.39 is 5.97 Å². The number of carbonyl (C=O) groups is 2. The predicted octanol–water partition coefficient (Wildman–Crippen LogP) is 3.02. The quantitative estimate of drug-likeness (QED) is 0.544. The minimum atomic E-state index is -0.482. The zero-order valence-electron chi connectivity index (χ0n) is 17.5. The maximum absolute atomic E-state index is 12.5. The highest BCUT2D eigenvalue weighted by Crippen LogP contribution is 2.24. The first-order chi connectivity index (χ1) is 14.0. The summed E-state index contributed by atoms with van der Waals surface area (Å²) in [6, 6.07) is 6.98. The van der Waals surface area contributed by atoms with Gasteiger partial charge in [0.1, 0.15) is 18.0 Å². The predicted molar refractivity (Wildman–Crippen MR) is 110 cm³/mol. The standard InChI is InChI=1S/C22H31N3O4/c1-16-12-17(2)14-24(13-16)10-5-9-23-21(26)15-25-18(20-6-4-11-29-20)7-8-19(25)22(27)28-3/h4,6-8,11,16-17H,5,9-10,12-15H2,1-3H3,(H,23,26). The molecule has 2 aromatic heterocycles. The molecule has 7 nitrogen and oxygen atoms in total. The lowest BCUT2D eigenvalue weighted by atomic mass is 9.92. The normalized spacial score (nSPS) is 19.8. The van der Waals surface area contributed by atoms with Crippen molar-refractivity contribution in [3.8, 4) is 11.5 Å². The van der Waals surface area contributed by atoms with Crippen LogP contribution in [-0.4, -0.2) is 54.6 Å². The van der Waals surface area contributed by atoms with Gasteiger partial charge in [-0.15, -0.1) is 0 Å². The Bertz CT molecular complexity index is 802. The number of nitrogens with one attached hydrogen (secondary N) is 1. The molecule has 2 atom stereocenters. The number of carbonyl (C=O) groups excluding carboxylic acids is 2. The minimum absolute atomic E-state index is 0.0330. The molecule has 0 radical (unpaired) electrons. The number of nitrogens with zero attached hydrogens (tertiary/aromatic N) is 2. The third-order valence-electron chi connectivity index (χ3n) is 5.37. The van der Waals surface area contributed by atoms with Gasteiger partial charge in [0, 0.05) is 19.6 Å². The van der Waals surface area contributed by atoms with Gasteiger partial charge in [-0.3, -0.25) is 4.79 Å². The van der Waals surface area contributed by atoms with Crippen LogP contribution in [0, 0.1) is 11.8 Å². The first-order valence-electron chi connectivity index (χ1n) is 10.3. The minimum Gasteiger partial charge on any atom is -0.464 e. The monoisotopic (exact) mass is 401 g/mol. The van der Waals surface area contributed by atoms with Crippen LogP contribution in [0.4, 0.5) is 0 Å². The summed E-state index contributed by atoms with van der Waals surface area (Å²) in [4.78, 5) is 27.1. The Balaban J connectivity index is 1.55. The molecule has 1 aliphatic rings. The molecule has 2 unspecified atom stereocenters. The molecule has 3 heterocycles. The Morgan fingerprint density at radius 2 is 1.97 bits per heavy atom. The molecular weight excluding hydrogens is 370 g/mol. The number of ether oxygens (including phenoxy) is 1. The third kappa shape index (κ3) is 5.50. The zero-order chi connectivity index (χ0) is 20.8. The van der Waals surface area contributed by atoms with Crippen molar-refractivity contribution in [3.63, 3.8) is 0 Å². The van der Waals surface area contributed by atoms with Crippen molar-refractivity contribution < 1.29 is 18.7 Å². The summed E-state index contributed by atoms with van der Waals surface area (Å²) in [6.45, 7) is 8.51. The molecule has 7 heteroatoms. The molecule has 0 saturated carbocycles. The van der Waals surface area contributed by atoms with Crippen LogP contribution >= 0.6 is 0 Å². The van der Waals surface area contributed by atoms with Gasteiger partial charge in [0.15, 0.2) is 0 Å². The van der Waals surface area contributed by atoms with Crippen LogP contribution < -0.4 is 5.32 Å². The lowest BCUT2D eigenvalue weighted by molar-refractivity contribution is -0.121. The summed E-state index contributed by atoms with van der Waals surface area (Å²) in [5, 5.41) is 2.97. The number of amides is 1. The van der Waals surface area contributed by atoms with Gasteiger partial charge in [-0.05, 0) is 55.5 Å². The van der Waals surface area contributed by atoms with Crippen molar-refractivity contribution in [1.29, 1.82) is 0 Å². The number of likely N-dealkylation sites (tertiary alicyclic amines) is 1. The molecule has 1 aliphatic heterocycles. The van der Waals surface area contributed by atoms with Crippen LogP contribution in [0.5, 0.6) is 0 Å². The second-order valence-corrected chi connectivity index (χ2v) is 8.07. The third-order valence-corrected chi connectivity index (χ3v) is 5.37. The molecule has 1 N–H and O–H groups in total. The molecule has 2 aromatic rings. The number of hydrogen-bond acceptors (Lipinski definition) is 5. The van der Waals surface area contributed by atoms with Crippen molar-refractivity contribution in [3.05, 3.63) is 36.2 Å². The van der Waals surface area contributed by atoms with E-state index in [9.17, 15) is 9.59 Å². The number of aromatic nitrogens is 1. The van der Waals surface area contributed by atoms with Crippen molar-refractivity contribution in [2.75, 3.05) is 33.3 Å². The van der Waals surface area contributed by atoms with Gasteiger partial charge in [0.05, 0.1) is 19.1 Å². The fraction of sp³-hybridized carbons (Fsp3) is 0.545. The number of esters is 1. The summed E-state index contributed by atoms with van der Waals surface area (Å²) in [5.41, 5.74) is 0.993. The molecule has 1 amide bonds. The van der Waals surface area contributed by atoms with Crippen molar-refractivity contribution >= 4 is 11.9 Å². The number of furan rings is 1. The van der Waals surface area contributed by atoms with Gasteiger partial charge in [0.25, 0.3) is 0 Å². The Morgan fingerprint density at radius 1 is 1.21 bits per heavy atom. The topological polar surface area (TPSA) is 76.7 Å². The second kappa shape index (κ2) is 9.78. The Hall–Kier alpha value is -2.54. The highest BCUT2D eigenvalue weighted by molar-refractivity contribution is 5.90. The number of piperidine rings is 1. The highest BCUT2D eigenvalue weighted by atomic mass is 16.5. The van der Waals surface area contributed by atoms with E-state index in [0.717, 1.165) is 37.9 Å². The molecule has 29 heavy (non-hydrogen) atoms. The first-order valence-corrected chi connectivity index (χ1v) is 10.3. The molecular formula is C22H31N3O4. The van der Waals surface area contributed by atoms with Crippen LogP contribution in [0.1, 0.15) is 37.2 Å². The summed E-state index contributed by atoms with van der Waals surface area (Å²) in [6.07, 6.45) is 3.77. The fourth-order valence-electron chi connectivity index (χ4n) is 4.26. The van der Waals surface area contributed by atoms with E-state index in [4.69, 9.17) is 9.15 Å². The maximum atomic E-state index is 12.5. The van der Waals surface area contributed by atoms with E-state index in [1.807, 2.05) is 0 Å². The van der Waals surface area contributed by atoms with Crippen LogP contribution in [0.3, 0.4) is 0 Å². The van der Waals surface area contributed by atoms with Gasteiger partial charge in [0.2, 0.25) is 5.91 Å². The molecule has 0 aliphatic carbocycles. The molecule has 1 fully saturated rings. The van der Waals surface area contributed by atoms with Gasteiger partial charge in [-0.1, -0.05) is 13.8 Å². The van der Waals surface area contributed by atoms with Crippen molar-refractivity contribution in [1.82, 2.24) is 14.8 Å². The van der Waals surface area contributed by atoms with Crippen LogP contribution in [0.25, 0.3) is 11.5 Å². The Kier molecular flexibility index (Phi) is 7.14. The van der Waals surface area contributed by atoms with Crippen molar-refractivity contribution in [2.45, 2.75) is 33.2 Å². The van der Waals surface area contributed by atoms with Gasteiger partial charge < -0.3 is 23.9 Å². The average molecular weight is 402 g/mol. The number of hydrogen-bond donors (Lipinski definition) is 1. The summed E-state index contributed by atoms with van der Waals surface area (Å²) < 4.78 is 11.9. The smallest absolute Gasteiger partial charge is 0.354 e. The fourth-order valence-corrected chi connectivity index (χ4v) is 4.26. The largest absolute Gasteiger partial charge is 0.464 e. The van der Waals surface area contributed by atoms with E-state index in [1.54, 1.807) is 35.1 Å². The first kappa shape index (κ1) is 21.2. The van der Waals surface area contributed by atoms with E-state index >= 15 is 0 Å². The molecule has 158 valence electrons. The average Bonchev–Trinajstić information content (AvgIpc) is 3.33. The van der Waals surface area contributed by atoms with Crippen LogP contribution in [0.2, 0.25) is 0 Å². The van der Waals surface area contributed by atoms with E-state index in [2.05, 4.69) is 24.1 Å². The maximum Gasteiger partial charge on any atom is 0.354 e. The van der Waals surface area contributed by atoms with Gasteiger partial charge in [-0.2, -0.15) is 0 Å². The van der Waals surface area contributed by atoms with Gasteiger partial charge in [-0.25, -0.2) is 4.79 Å². The second-order valence-electron chi connectivity index (χ2n) is 8.07. The number of rotatable bonds is 8. The highest BCUT2D eigenvalue weighted by Gasteiger charge is 2.22. The SMILES string of the molecule is COC(=O)c1ccc(-c2ccco2)n1CC(=O)NCCCN1CC(C)CC(C)C1. The molecule has 3 rings (SSSR count). The van der Waals surface area contributed by atoms with Crippen LogP contribution in [-0.2, 0) is 16.1 Å². The van der Waals surface area contributed by atoms with E-state index in [1.165, 1.54) is 13.5 Å². The van der Waals surface area contributed by atoms with E-state index in [0.29, 0.717) is 23.7 Å². The lowest BCUT2D eigenvalue weighted by Gasteiger charge is -2.34. The van der Waals surface area contributed by atoms with Crippen LogP contribution in [0.15, 0.2) is 34.9 Å². The Labute approximate surface area is 172 Å². The summed E-state index contributed by atoms with van der Waals surface area (Å²) in [5.74, 6) is 1.45.